The van der Waals surface area contributed by atoms with Gasteiger partial charge in [-0.3, -0.25) is 0 Å². The molecule has 0 heterocycles. The highest BCUT2D eigenvalue weighted by Gasteiger charge is 2.11. The summed E-state index contributed by atoms with van der Waals surface area (Å²) in [5, 5.41) is 13.5. The summed E-state index contributed by atoms with van der Waals surface area (Å²) in [5.74, 6) is 0.797. The summed E-state index contributed by atoms with van der Waals surface area (Å²) in [6, 6.07) is 13.0. The van der Waals surface area contributed by atoms with E-state index in [1.807, 2.05) is 36.4 Å². The monoisotopic (exact) mass is 355 g/mol. The molecule has 3 nitrogen and oxygen atoms in total. The number of hydrogen-bond acceptors (Lipinski definition) is 3. The molecule has 0 aromatic heterocycles. The van der Waals surface area contributed by atoms with Crippen LogP contribution in [-0.2, 0) is 0 Å². The lowest BCUT2D eigenvalue weighted by Crippen LogP contribution is -2.14. The summed E-state index contributed by atoms with van der Waals surface area (Å²) in [6.45, 7) is -0.0138. The van der Waals surface area contributed by atoms with Crippen molar-refractivity contribution in [1.29, 1.82) is 0 Å². The molecule has 0 aliphatic carbocycles. The molecule has 106 valence electrons. The van der Waals surface area contributed by atoms with Crippen LogP contribution < -0.4 is 10.1 Å². The second kappa shape index (κ2) is 6.97. The molecule has 0 radical (unpaired) electrons. The minimum Gasteiger partial charge on any atom is -0.497 e. The fourth-order valence-electron chi connectivity index (χ4n) is 1.85. The summed E-state index contributed by atoms with van der Waals surface area (Å²) in [4.78, 5) is 0. The van der Waals surface area contributed by atoms with Gasteiger partial charge in [-0.1, -0.05) is 17.7 Å². The third kappa shape index (κ3) is 3.66. The van der Waals surface area contributed by atoms with Crippen molar-refractivity contribution in [2.75, 3.05) is 19.0 Å². The molecule has 0 saturated heterocycles. The molecule has 1 atom stereocenters. The number of halogens is 2. The van der Waals surface area contributed by atoms with E-state index in [9.17, 15) is 5.11 Å². The van der Waals surface area contributed by atoms with Gasteiger partial charge in [0, 0.05) is 10.2 Å². The third-order valence-corrected chi connectivity index (χ3v) is 4.17. The lowest BCUT2D eigenvalue weighted by atomic mass is 10.1. The van der Waals surface area contributed by atoms with E-state index in [2.05, 4.69) is 21.2 Å². The highest BCUT2D eigenvalue weighted by molar-refractivity contribution is 9.10. The first-order valence-electron chi connectivity index (χ1n) is 6.10. The Balaban J connectivity index is 2.16. The molecule has 0 amide bonds. The minimum absolute atomic E-state index is 0.0138. The summed E-state index contributed by atoms with van der Waals surface area (Å²) >= 11 is 9.37. The predicted molar refractivity (Wildman–Crippen MR) is 85.6 cm³/mol. The molecule has 0 aliphatic heterocycles. The van der Waals surface area contributed by atoms with Crippen LogP contribution in [0.25, 0.3) is 0 Å². The molecule has 0 aliphatic rings. The van der Waals surface area contributed by atoms with Gasteiger partial charge >= 0.3 is 0 Å². The molecule has 20 heavy (non-hydrogen) atoms. The predicted octanol–water partition coefficient (Wildman–Crippen LogP) is 4.26. The number of benzene rings is 2. The standard InChI is InChI=1S/C15H15BrClNO2/c1-20-12-5-3-11(4-6-12)18-15(9-19)10-2-7-14(17)13(16)8-10/h2-8,15,18-19H,9H2,1H3. The van der Waals surface area contributed by atoms with Gasteiger partial charge in [0.1, 0.15) is 5.75 Å². The SMILES string of the molecule is COc1ccc(NC(CO)c2ccc(Cl)c(Br)c2)cc1. The Morgan fingerprint density at radius 2 is 1.95 bits per heavy atom. The summed E-state index contributed by atoms with van der Waals surface area (Å²) in [6.07, 6.45) is 0. The number of ether oxygens (including phenoxy) is 1. The number of rotatable bonds is 5. The fraction of sp³-hybridized carbons (Fsp3) is 0.200. The third-order valence-electron chi connectivity index (χ3n) is 2.96. The minimum atomic E-state index is -0.197. The number of hydrogen-bond donors (Lipinski definition) is 2. The van der Waals surface area contributed by atoms with Crippen LogP contribution in [-0.4, -0.2) is 18.8 Å². The van der Waals surface area contributed by atoms with Gasteiger partial charge in [-0.25, -0.2) is 0 Å². The Bertz CT molecular complexity index is 575. The van der Waals surface area contributed by atoms with E-state index in [0.29, 0.717) is 5.02 Å². The maximum absolute atomic E-state index is 9.57. The van der Waals surface area contributed by atoms with Crippen LogP contribution in [0.5, 0.6) is 5.75 Å². The second-order valence-corrected chi connectivity index (χ2v) is 5.54. The van der Waals surface area contributed by atoms with Crippen molar-refractivity contribution in [3.05, 3.63) is 57.5 Å². The Kier molecular flexibility index (Phi) is 5.29. The molecule has 0 spiro atoms. The average Bonchev–Trinajstić information content (AvgIpc) is 2.48. The van der Waals surface area contributed by atoms with Crippen molar-refractivity contribution in [2.24, 2.45) is 0 Å². The molecular weight excluding hydrogens is 342 g/mol. The summed E-state index contributed by atoms with van der Waals surface area (Å²) in [7, 11) is 1.63. The van der Waals surface area contributed by atoms with Crippen LogP contribution in [0.3, 0.4) is 0 Å². The number of anilines is 1. The first kappa shape index (κ1) is 15.2. The van der Waals surface area contributed by atoms with Gasteiger partial charge in [0.15, 0.2) is 0 Å². The average molecular weight is 357 g/mol. The quantitative estimate of drug-likeness (QED) is 0.841. The topological polar surface area (TPSA) is 41.5 Å². The van der Waals surface area contributed by atoms with E-state index < -0.39 is 0 Å². The lowest BCUT2D eigenvalue weighted by Gasteiger charge is -2.19. The van der Waals surface area contributed by atoms with Crippen molar-refractivity contribution < 1.29 is 9.84 Å². The first-order valence-corrected chi connectivity index (χ1v) is 7.27. The van der Waals surface area contributed by atoms with E-state index in [-0.39, 0.29) is 12.6 Å². The number of aliphatic hydroxyl groups is 1. The fourth-order valence-corrected chi connectivity index (χ4v) is 2.37. The normalized spacial score (nSPS) is 12.0. The van der Waals surface area contributed by atoms with Crippen molar-refractivity contribution in [2.45, 2.75) is 6.04 Å². The van der Waals surface area contributed by atoms with E-state index in [1.54, 1.807) is 13.2 Å². The van der Waals surface area contributed by atoms with Gasteiger partial charge in [-0.05, 0) is 57.9 Å². The van der Waals surface area contributed by atoms with E-state index in [1.165, 1.54) is 0 Å². The van der Waals surface area contributed by atoms with Crippen molar-refractivity contribution >= 4 is 33.2 Å². The molecule has 5 heteroatoms. The molecule has 0 fully saturated rings. The molecule has 2 N–H and O–H groups in total. The van der Waals surface area contributed by atoms with Crippen LogP contribution >= 0.6 is 27.5 Å². The van der Waals surface area contributed by atoms with Gasteiger partial charge in [0.05, 0.1) is 24.8 Å². The zero-order valence-electron chi connectivity index (χ0n) is 10.9. The lowest BCUT2D eigenvalue weighted by molar-refractivity contribution is 0.276. The Hall–Kier alpha value is -1.23. The van der Waals surface area contributed by atoms with Crippen LogP contribution in [0.1, 0.15) is 11.6 Å². The smallest absolute Gasteiger partial charge is 0.119 e. The van der Waals surface area contributed by atoms with E-state index >= 15 is 0 Å². The molecule has 2 rings (SSSR count). The molecule has 0 bridgehead atoms. The van der Waals surface area contributed by atoms with Gasteiger partial charge < -0.3 is 15.2 Å². The molecule has 2 aromatic carbocycles. The largest absolute Gasteiger partial charge is 0.497 e. The number of nitrogens with one attached hydrogen (secondary N) is 1. The van der Waals surface area contributed by atoms with Gasteiger partial charge in [0.25, 0.3) is 0 Å². The van der Waals surface area contributed by atoms with Crippen LogP contribution in [0.2, 0.25) is 5.02 Å². The highest BCUT2D eigenvalue weighted by Crippen LogP contribution is 2.28. The zero-order chi connectivity index (χ0) is 14.5. The second-order valence-electron chi connectivity index (χ2n) is 4.28. The van der Waals surface area contributed by atoms with Crippen LogP contribution in [0.15, 0.2) is 46.9 Å². The molecule has 2 aromatic rings. The summed E-state index contributed by atoms with van der Waals surface area (Å²) < 4.78 is 5.93. The highest BCUT2D eigenvalue weighted by atomic mass is 79.9. The number of methoxy groups -OCH3 is 1. The van der Waals surface area contributed by atoms with Gasteiger partial charge in [-0.2, -0.15) is 0 Å². The van der Waals surface area contributed by atoms with Crippen molar-refractivity contribution in [1.82, 2.24) is 0 Å². The van der Waals surface area contributed by atoms with Gasteiger partial charge in [0.2, 0.25) is 0 Å². The first-order chi connectivity index (χ1) is 9.63. The summed E-state index contributed by atoms with van der Waals surface area (Å²) in [5.41, 5.74) is 1.87. The maximum Gasteiger partial charge on any atom is 0.119 e. The number of aliphatic hydroxyl groups excluding tert-OH is 1. The van der Waals surface area contributed by atoms with E-state index in [4.69, 9.17) is 16.3 Å². The van der Waals surface area contributed by atoms with E-state index in [0.717, 1.165) is 21.5 Å². The van der Waals surface area contributed by atoms with Crippen molar-refractivity contribution in [3.63, 3.8) is 0 Å². The molecular formula is C15H15BrClNO2. The van der Waals surface area contributed by atoms with Crippen molar-refractivity contribution in [3.8, 4) is 5.75 Å². The Morgan fingerprint density at radius 3 is 2.50 bits per heavy atom. The zero-order valence-corrected chi connectivity index (χ0v) is 13.3. The van der Waals surface area contributed by atoms with Crippen LogP contribution in [0, 0.1) is 0 Å². The molecule has 0 saturated carbocycles. The molecule has 1 unspecified atom stereocenters. The van der Waals surface area contributed by atoms with Gasteiger partial charge in [-0.15, -0.1) is 0 Å². The Morgan fingerprint density at radius 1 is 1.25 bits per heavy atom. The maximum atomic E-state index is 9.57. The Labute approximate surface area is 131 Å². The van der Waals surface area contributed by atoms with Crippen LogP contribution in [0.4, 0.5) is 5.69 Å².